The van der Waals surface area contributed by atoms with E-state index in [9.17, 15) is 0 Å². The SMILES string of the molecule is C=C(C#N)CC(CCC(C)C1CC2C3CC4CCCC4(C)C3CC12C)C(C)C. The van der Waals surface area contributed by atoms with Crippen molar-refractivity contribution in [2.24, 2.45) is 58.2 Å². The van der Waals surface area contributed by atoms with E-state index in [2.05, 4.69) is 47.3 Å². The summed E-state index contributed by atoms with van der Waals surface area (Å²) in [7, 11) is 0. The normalized spacial score (nSPS) is 45.7. The van der Waals surface area contributed by atoms with Crippen molar-refractivity contribution in [2.75, 3.05) is 0 Å². The summed E-state index contributed by atoms with van der Waals surface area (Å²) < 4.78 is 0. The second kappa shape index (κ2) is 7.18. The molecule has 28 heavy (non-hydrogen) atoms. The summed E-state index contributed by atoms with van der Waals surface area (Å²) in [6, 6.07) is 2.27. The highest BCUT2D eigenvalue weighted by molar-refractivity contribution is 5.18. The van der Waals surface area contributed by atoms with E-state index < -0.39 is 0 Å². The van der Waals surface area contributed by atoms with E-state index in [0.717, 1.165) is 47.5 Å². The van der Waals surface area contributed by atoms with Crippen LogP contribution in [0.3, 0.4) is 0 Å². The fraction of sp³-hybridized carbons (Fsp3) is 0.889. The van der Waals surface area contributed by atoms with Crippen molar-refractivity contribution in [1.82, 2.24) is 0 Å². The van der Waals surface area contributed by atoms with Gasteiger partial charge in [-0.2, -0.15) is 5.26 Å². The Morgan fingerprint density at radius 2 is 1.86 bits per heavy atom. The maximum Gasteiger partial charge on any atom is 0.0940 e. The average Bonchev–Trinajstić information content (AvgIpc) is 3.19. The molecule has 4 rings (SSSR count). The molecule has 0 N–H and O–H groups in total. The van der Waals surface area contributed by atoms with E-state index in [1.165, 1.54) is 44.9 Å². The lowest BCUT2D eigenvalue weighted by molar-refractivity contribution is -0.0672. The largest absolute Gasteiger partial charge is 0.193 e. The van der Waals surface area contributed by atoms with E-state index in [1.807, 2.05) is 0 Å². The van der Waals surface area contributed by atoms with Gasteiger partial charge in [0.15, 0.2) is 0 Å². The van der Waals surface area contributed by atoms with Crippen LogP contribution in [0.1, 0.15) is 92.4 Å². The van der Waals surface area contributed by atoms with Gasteiger partial charge in [-0.25, -0.2) is 0 Å². The summed E-state index contributed by atoms with van der Waals surface area (Å²) in [5.41, 5.74) is 2.10. The van der Waals surface area contributed by atoms with E-state index in [-0.39, 0.29) is 0 Å². The van der Waals surface area contributed by atoms with Crippen molar-refractivity contribution in [3.8, 4) is 6.07 Å². The van der Waals surface area contributed by atoms with Gasteiger partial charge in [-0.3, -0.25) is 0 Å². The lowest BCUT2D eigenvalue weighted by atomic mass is 9.49. The Balaban J connectivity index is 1.37. The molecule has 0 aliphatic heterocycles. The number of rotatable bonds is 7. The third-order valence-electron chi connectivity index (χ3n) is 10.8. The Morgan fingerprint density at radius 3 is 2.54 bits per heavy atom. The Bertz CT molecular complexity index is 656. The Labute approximate surface area is 174 Å². The van der Waals surface area contributed by atoms with Gasteiger partial charge in [-0.05, 0) is 103 Å². The molecule has 0 bridgehead atoms. The zero-order valence-electron chi connectivity index (χ0n) is 19.1. The molecule has 4 aliphatic carbocycles. The van der Waals surface area contributed by atoms with Gasteiger partial charge < -0.3 is 0 Å². The highest BCUT2D eigenvalue weighted by Crippen LogP contribution is 2.76. The molecule has 0 aromatic heterocycles. The monoisotopic (exact) mass is 381 g/mol. The molecule has 4 saturated carbocycles. The molecule has 0 aromatic carbocycles. The fourth-order valence-corrected chi connectivity index (χ4v) is 8.91. The first kappa shape index (κ1) is 20.5. The molecule has 0 aromatic rings. The van der Waals surface area contributed by atoms with Crippen LogP contribution >= 0.6 is 0 Å². The summed E-state index contributed by atoms with van der Waals surface area (Å²) >= 11 is 0. The number of nitriles is 1. The smallest absolute Gasteiger partial charge is 0.0940 e. The first-order valence-electron chi connectivity index (χ1n) is 12.3. The zero-order chi connectivity index (χ0) is 20.3. The van der Waals surface area contributed by atoms with Crippen molar-refractivity contribution >= 4 is 0 Å². The first-order chi connectivity index (χ1) is 13.2. The molecule has 0 spiro atoms. The van der Waals surface area contributed by atoms with Gasteiger partial charge in [-0.1, -0.05) is 54.0 Å². The summed E-state index contributed by atoms with van der Waals surface area (Å²) in [6.45, 7) is 16.5. The highest BCUT2D eigenvalue weighted by Gasteiger charge is 2.68. The Kier molecular flexibility index (Phi) is 5.26. The summed E-state index contributed by atoms with van der Waals surface area (Å²) in [6.07, 6.45) is 12.6. The highest BCUT2D eigenvalue weighted by atomic mass is 14.7. The van der Waals surface area contributed by atoms with Crippen LogP contribution in [0.15, 0.2) is 12.2 Å². The second-order valence-electron chi connectivity index (χ2n) is 12.2. The molecular formula is C27H43N. The summed E-state index contributed by atoms with van der Waals surface area (Å²) in [5, 5.41) is 9.13. The molecule has 1 nitrogen and oxygen atoms in total. The predicted molar refractivity (Wildman–Crippen MR) is 117 cm³/mol. The lowest BCUT2D eigenvalue weighted by Crippen LogP contribution is -2.48. The zero-order valence-corrected chi connectivity index (χ0v) is 19.1. The van der Waals surface area contributed by atoms with Crippen molar-refractivity contribution < 1.29 is 0 Å². The third-order valence-corrected chi connectivity index (χ3v) is 10.8. The minimum absolute atomic E-state index is 0.624. The topological polar surface area (TPSA) is 23.8 Å². The first-order valence-corrected chi connectivity index (χ1v) is 12.3. The summed E-state index contributed by atoms with van der Waals surface area (Å²) in [5.74, 6) is 7.24. The van der Waals surface area contributed by atoms with Crippen LogP contribution in [0, 0.1) is 69.5 Å². The van der Waals surface area contributed by atoms with Gasteiger partial charge in [0.2, 0.25) is 0 Å². The van der Waals surface area contributed by atoms with Crippen LogP contribution in [-0.2, 0) is 0 Å². The van der Waals surface area contributed by atoms with Gasteiger partial charge in [0.05, 0.1) is 6.07 Å². The standard InChI is InChI=1S/C27H43N/c1-17(2)20(12-18(3)16-28)10-9-19(4)23-14-24-22-13-21-8-7-11-26(21,5)25(22)15-27(23,24)6/h17,19-25H,3,7-15H2,1-2,4-6H3. The number of hydrogen-bond acceptors (Lipinski definition) is 1. The molecular weight excluding hydrogens is 338 g/mol. The molecule has 0 amide bonds. The average molecular weight is 382 g/mol. The van der Waals surface area contributed by atoms with Crippen LogP contribution < -0.4 is 0 Å². The predicted octanol–water partition coefficient (Wildman–Crippen LogP) is 7.63. The van der Waals surface area contributed by atoms with Crippen molar-refractivity contribution in [3.05, 3.63) is 12.2 Å². The van der Waals surface area contributed by atoms with E-state index in [0.29, 0.717) is 22.7 Å². The van der Waals surface area contributed by atoms with Crippen molar-refractivity contribution in [1.29, 1.82) is 5.26 Å². The molecule has 0 heterocycles. The fourth-order valence-electron chi connectivity index (χ4n) is 8.91. The lowest BCUT2D eigenvalue weighted by Gasteiger charge is -2.55. The van der Waals surface area contributed by atoms with Crippen molar-refractivity contribution in [3.63, 3.8) is 0 Å². The minimum atomic E-state index is 0.624. The van der Waals surface area contributed by atoms with Crippen LogP contribution in [0.25, 0.3) is 0 Å². The maximum absolute atomic E-state index is 9.13. The van der Waals surface area contributed by atoms with Crippen molar-refractivity contribution in [2.45, 2.75) is 92.4 Å². The molecule has 156 valence electrons. The number of hydrogen-bond donors (Lipinski definition) is 0. The van der Waals surface area contributed by atoms with E-state index in [1.54, 1.807) is 6.42 Å². The number of nitrogens with zero attached hydrogens (tertiary/aromatic N) is 1. The van der Waals surface area contributed by atoms with Gasteiger partial charge in [0, 0.05) is 5.57 Å². The Hall–Kier alpha value is -0.770. The number of allylic oxidation sites excluding steroid dienone is 1. The van der Waals surface area contributed by atoms with Gasteiger partial charge in [0.1, 0.15) is 0 Å². The Morgan fingerprint density at radius 1 is 1.11 bits per heavy atom. The molecule has 9 atom stereocenters. The van der Waals surface area contributed by atoms with E-state index in [4.69, 9.17) is 5.26 Å². The minimum Gasteiger partial charge on any atom is -0.193 e. The number of fused-ring (bicyclic) bond motifs is 5. The molecule has 4 fully saturated rings. The quantitative estimate of drug-likeness (QED) is 0.416. The third kappa shape index (κ3) is 3.00. The second-order valence-corrected chi connectivity index (χ2v) is 12.2. The van der Waals surface area contributed by atoms with Crippen LogP contribution in [0.4, 0.5) is 0 Å². The molecule has 9 unspecified atom stereocenters. The van der Waals surface area contributed by atoms with Crippen LogP contribution in [0.2, 0.25) is 0 Å². The van der Waals surface area contributed by atoms with Gasteiger partial charge in [-0.15, -0.1) is 0 Å². The molecule has 1 heteroatoms. The van der Waals surface area contributed by atoms with E-state index >= 15 is 0 Å². The van der Waals surface area contributed by atoms with Gasteiger partial charge >= 0.3 is 0 Å². The molecule has 4 aliphatic rings. The summed E-state index contributed by atoms with van der Waals surface area (Å²) in [4.78, 5) is 0. The molecule has 0 radical (unpaired) electrons. The maximum atomic E-state index is 9.13. The van der Waals surface area contributed by atoms with Crippen LogP contribution in [0.5, 0.6) is 0 Å². The van der Waals surface area contributed by atoms with Gasteiger partial charge in [0.25, 0.3) is 0 Å². The van der Waals surface area contributed by atoms with Crippen LogP contribution in [-0.4, -0.2) is 0 Å². The molecule has 0 saturated heterocycles.